The molecule has 17 heavy (non-hydrogen) atoms. The van der Waals surface area contributed by atoms with Gasteiger partial charge in [0, 0.05) is 30.2 Å². The Bertz CT molecular complexity index is 523. The molecule has 0 aliphatic heterocycles. The second kappa shape index (κ2) is 5.15. The first-order chi connectivity index (χ1) is 8.20. The number of pyridine rings is 1. The van der Waals surface area contributed by atoms with Crippen LogP contribution in [0.4, 0.5) is 0 Å². The lowest BCUT2D eigenvalue weighted by atomic mass is 10.1. The number of ether oxygens (including phenoxy) is 1. The van der Waals surface area contributed by atoms with E-state index in [1.807, 2.05) is 25.1 Å². The number of aryl methyl sites for hydroxylation is 2. The fourth-order valence-corrected chi connectivity index (χ4v) is 1.90. The van der Waals surface area contributed by atoms with E-state index in [9.17, 15) is 0 Å². The van der Waals surface area contributed by atoms with Crippen LogP contribution in [0.2, 0.25) is 0 Å². The van der Waals surface area contributed by atoms with Crippen molar-refractivity contribution in [3.8, 4) is 5.75 Å². The molecule has 3 nitrogen and oxygen atoms in total. The Kier molecular flexibility index (Phi) is 3.59. The van der Waals surface area contributed by atoms with Gasteiger partial charge in [-0.15, -0.1) is 0 Å². The number of benzene rings is 1. The summed E-state index contributed by atoms with van der Waals surface area (Å²) in [6.07, 6.45) is 0.651. The minimum Gasteiger partial charge on any atom is -0.493 e. The number of rotatable bonds is 4. The fraction of sp³-hybridized carbons (Fsp3) is 0.357. The minimum atomic E-state index is 0.157. The number of hydrogen-bond acceptors (Lipinski definition) is 3. The molecule has 0 saturated carbocycles. The van der Waals surface area contributed by atoms with Crippen LogP contribution in [-0.2, 0) is 0 Å². The Balaban J connectivity index is 2.30. The van der Waals surface area contributed by atoms with Gasteiger partial charge in [-0.2, -0.15) is 0 Å². The zero-order chi connectivity index (χ0) is 12.3. The molecule has 0 aliphatic carbocycles. The summed E-state index contributed by atoms with van der Waals surface area (Å²) in [6, 6.07) is 8.01. The molecule has 1 heterocycles. The molecule has 1 aromatic carbocycles. The van der Waals surface area contributed by atoms with Crippen LogP contribution in [0.5, 0.6) is 5.75 Å². The summed E-state index contributed by atoms with van der Waals surface area (Å²) in [4.78, 5) is 4.50. The van der Waals surface area contributed by atoms with E-state index >= 15 is 0 Å². The molecule has 3 heteroatoms. The first-order valence-electron chi connectivity index (χ1n) is 5.82. The highest BCUT2D eigenvalue weighted by Crippen LogP contribution is 2.22. The largest absolute Gasteiger partial charge is 0.493 e. The molecule has 0 fully saturated rings. The first-order valence-corrected chi connectivity index (χ1v) is 5.82. The Morgan fingerprint density at radius 3 is 2.82 bits per heavy atom. The van der Waals surface area contributed by atoms with Gasteiger partial charge in [0.2, 0.25) is 0 Å². The third-order valence-electron chi connectivity index (χ3n) is 2.69. The number of hydrogen-bond donors (Lipinski definition) is 1. The molecule has 2 aromatic rings. The van der Waals surface area contributed by atoms with Crippen LogP contribution in [0.1, 0.15) is 17.7 Å². The maximum atomic E-state index is 8.70. The maximum absolute atomic E-state index is 8.70. The lowest BCUT2D eigenvalue weighted by Gasteiger charge is -2.08. The van der Waals surface area contributed by atoms with Crippen LogP contribution < -0.4 is 4.74 Å². The molecule has 0 unspecified atom stereocenters. The minimum absolute atomic E-state index is 0.157. The number of fused-ring (bicyclic) bond motifs is 1. The van der Waals surface area contributed by atoms with E-state index in [2.05, 4.69) is 18.0 Å². The van der Waals surface area contributed by atoms with E-state index in [1.54, 1.807) is 0 Å². The Morgan fingerprint density at radius 2 is 2.06 bits per heavy atom. The molecular formula is C14H17NO2. The molecule has 0 atom stereocenters. The van der Waals surface area contributed by atoms with Gasteiger partial charge in [0.05, 0.1) is 12.1 Å². The van der Waals surface area contributed by atoms with Crippen molar-refractivity contribution in [1.82, 2.24) is 4.98 Å². The quantitative estimate of drug-likeness (QED) is 0.822. The summed E-state index contributed by atoms with van der Waals surface area (Å²) in [7, 11) is 0. The van der Waals surface area contributed by atoms with E-state index in [-0.39, 0.29) is 6.61 Å². The Labute approximate surface area is 101 Å². The number of aromatic nitrogens is 1. The van der Waals surface area contributed by atoms with Gasteiger partial charge in [-0.25, -0.2) is 0 Å². The normalized spacial score (nSPS) is 10.8. The van der Waals surface area contributed by atoms with Crippen molar-refractivity contribution < 1.29 is 9.84 Å². The van der Waals surface area contributed by atoms with Crippen LogP contribution in [0, 0.1) is 13.8 Å². The summed E-state index contributed by atoms with van der Waals surface area (Å²) in [6.45, 7) is 4.77. The van der Waals surface area contributed by atoms with Gasteiger partial charge < -0.3 is 9.84 Å². The molecule has 2 rings (SSSR count). The summed E-state index contributed by atoms with van der Waals surface area (Å²) < 4.78 is 5.53. The van der Waals surface area contributed by atoms with Gasteiger partial charge in [0.1, 0.15) is 5.75 Å². The second-order valence-electron chi connectivity index (χ2n) is 4.19. The first kappa shape index (κ1) is 11.9. The van der Waals surface area contributed by atoms with E-state index < -0.39 is 0 Å². The van der Waals surface area contributed by atoms with Crippen LogP contribution in [0.3, 0.4) is 0 Å². The van der Waals surface area contributed by atoms with E-state index in [0.717, 1.165) is 22.3 Å². The monoisotopic (exact) mass is 231 g/mol. The highest BCUT2D eigenvalue weighted by Gasteiger charge is 2.02. The smallest absolute Gasteiger partial charge is 0.121 e. The third-order valence-corrected chi connectivity index (χ3v) is 2.69. The topological polar surface area (TPSA) is 42.4 Å². The van der Waals surface area contributed by atoms with Crippen molar-refractivity contribution in [2.75, 3.05) is 13.2 Å². The molecule has 0 saturated heterocycles. The van der Waals surface area contributed by atoms with E-state index in [0.29, 0.717) is 13.0 Å². The van der Waals surface area contributed by atoms with Crippen LogP contribution in [0.25, 0.3) is 10.9 Å². The molecule has 0 aliphatic rings. The van der Waals surface area contributed by atoms with Gasteiger partial charge in [0.15, 0.2) is 0 Å². The van der Waals surface area contributed by atoms with Gasteiger partial charge in [-0.05, 0) is 37.6 Å². The van der Waals surface area contributed by atoms with Crippen molar-refractivity contribution in [1.29, 1.82) is 0 Å². The lowest BCUT2D eigenvalue weighted by Crippen LogP contribution is -1.99. The highest BCUT2D eigenvalue weighted by molar-refractivity contribution is 5.83. The van der Waals surface area contributed by atoms with E-state index in [4.69, 9.17) is 9.84 Å². The van der Waals surface area contributed by atoms with Crippen LogP contribution in [-0.4, -0.2) is 23.3 Å². The van der Waals surface area contributed by atoms with Crippen molar-refractivity contribution in [2.45, 2.75) is 20.3 Å². The SMILES string of the molecule is Cc1cc(C)c2ccc(OCCCO)cc2n1. The molecule has 0 radical (unpaired) electrons. The maximum Gasteiger partial charge on any atom is 0.121 e. The van der Waals surface area contributed by atoms with Crippen LogP contribution in [0.15, 0.2) is 24.3 Å². The molecule has 90 valence electrons. The molecule has 1 N–H and O–H groups in total. The van der Waals surface area contributed by atoms with E-state index in [1.165, 1.54) is 5.56 Å². The predicted molar refractivity (Wildman–Crippen MR) is 68.4 cm³/mol. The Hall–Kier alpha value is -1.61. The van der Waals surface area contributed by atoms with Gasteiger partial charge in [0.25, 0.3) is 0 Å². The molecular weight excluding hydrogens is 214 g/mol. The van der Waals surface area contributed by atoms with Crippen molar-refractivity contribution >= 4 is 10.9 Å². The number of nitrogens with zero attached hydrogens (tertiary/aromatic N) is 1. The standard InChI is InChI=1S/C14H17NO2/c1-10-8-11(2)15-14-9-12(4-5-13(10)14)17-7-3-6-16/h4-5,8-9,16H,3,6-7H2,1-2H3. The number of aliphatic hydroxyl groups excluding tert-OH is 1. The Morgan fingerprint density at radius 1 is 1.24 bits per heavy atom. The third kappa shape index (κ3) is 2.74. The summed E-state index contributed by atoms with van der Waals surface area (Å²) in [5, 5.41) is 9.85. The van der Waals surface area contributed by atoms with Crippen molar-refractivity contribution in [3.63, 3.8) is 0 Å². The zero-order valence-electron chi connectivity index (χ0n) is 10.2. The van der Waals surface area contributed by atoms with Gasteiger partial charge in [-0.1, -0.05) is 0 Å². The van der Waals surface area contributed by atoms with Gasteiger partial charge in [-0.3, -0.25) is 4.98 Å². The molecule has 0 amide bonds. The lowest BCUT2D eigenvalue weighted by molar-refractivity contribution is 0.233. The highest BCUT2D eigenvalue weighted by atomic mass is 16.5. The average Bonchev–Trinajstić information content (AvgIpc) is 2.28. The van der Waals surface area contributed by atoms with Crippen molar-refractivity contribution in [3.05, 3.63) is 35.5 Å². The fourth-order valence-electron chi connectivity index (χ4n) is 1.90. The van der Waals surface area contributed by atoms with Crippen LogP contribution >= 0.6 is 0 Å². The predicted octanol–water partition coefficient (Wildman–Crippen LogP) is 2.61. The van der Waals surface area contributed by atoms with Gasteiger partial charge >= 0.3 is 0 Å². The second-order valence-corrected chi connectivity index (χ2v) is 4.19. The molecule has 1 aromatic heterocycles. The number of aliphatic hydroxyl groups is 1. The van der Waals surface area contributed by atoms with Crippen molar-refractivity contribution in [2.24, 2.45) is 0 Å². The molecule has 0 bridgehead atoms. The zero-order valence-corrected chi connectivity index (χ0v) is 10.2. The summed E-state index contributed by atoms with van der Waals surface area (Å²) in [5.74, 6) is 0.809. The molecule has 0 spiro atoms. The summed E-state index contributed by atoms with van der Waals surface area (Å²) >= 11 is 0. The average molecular weight is 231 g/mol. The summed E-state index contributed by atoms with van der Waals surface area (Å²) in [5.41, 5.74) is 3.21.